The lowest BCUT2D eigenvalue weighted by molar-refractivity contribution is -0.149. The Morgan fingerprint density at radius 2 is 2.20 bits per heavy atom. The first-order valence-electron chi connectivity index (χ1n) is 7.22. The van der Waals surface area contributed by atoms with E-state index in [4.69, 9.17) is 4.74 Å². The maximum absolute atomic E-state index is 11.8. The molecule has 106 valence electrons. The number of likely N-dealkylation sites (tertiary alicyclic amines) is 1. The molecule has 1 unspecified atom stereocenters. The van der Waals surface area contributed by atoms with E-state index in [9.17, 15) is 4.79 Å². The minimum absolute atomic E-state index is 0.0159. The molecule has 0 spiro atoms. The second kappa shape index (κ2) is 7.72. The third kappa shape index (κ3) is 4.40. The van der Waals surface area contributed by atoms with Crippen LogP contribution in [0.2, 0.25) is 0 Å². The zero-order valence-electron chi connectivity index (χ0n) is 12.0. The van der Waals surface area contributed by atoms with E-state index in [1.54, 1.807) is 0 Å². The van der Waals surface area contributed by atoms with Crippen LogP contribution in [-0.2, 0) is 9.53 Å². The van der Waals surface area contributed by atoms with Crippen molar-refractivity contribution in [2.75, 3.05) is 26.2 Å². The number of rotatable bonds is 3. The molecule has 1 saturated heterocycles. The molecule has 1 atom stereocenters. The molecular formula is C17H21NO2. The molecule has 1 aliphatic rings. The first-order valence-corrected chi connectivity index (χ1v) is 7.22. The summed E-state index contributed by atoms with van der Waals surface area (Å²) in [5.41, 5.74) is 1.03. The number of carbonyl (C=O) groups is 1. The Hall–Kier alpha value is -1.79. The molecule has 0 bridgehead atoms. The molecule has 1 aromatic carbocycles. The molecule has 2 rings (SSSR count). The van der Waals surface area contributed by atoms with Crippen molar-refractivity contribution in [2.24, 2.45) is 5.92 Å². The number of carbonyl (C=O) groups excluding carboxylic acids is 1. The molecule has 1 aliphatic heterocycles. The number of esters is 1. The van der Waals surface area contributed by atoms with E-state index in [0.717, 1.165) is 31.5 Å². The van der Waals surface area contributed by atoms with E-state index in [-0.39, 0.29) is 11.9 Å². The normalized spacial score (nSPS) is 18.9. The van der Waals surface area contributed by atoms with Gasteiger partial charge in [0.05, 0.1) is 19.1 Å². The van der Waals surface area contributed by atoms with Crippen molar-refractivity contribution in [1.29, 1.82) is 0 Å². The van der Waals surface area contributed by atoms with E-state index in [1.807, 2.05) is 37.3 Å². The number of benzene rings is 1. The molecule has 0 amide bonds. The predicted octanol–water partition coefficient (Wildman–Crippen LogP) is 2.31. The van der Waals surface area contributed by atoms with Gasteiger partial charge in [0.1, 0.15) is 0 Å². The highest BCUT2D eigenvalue weighted by atomic mass is 16.5. The van der Waals surface area contributed by atoms with Crippen molar-refractivity contribution in [3.8, 4) is 11.8 Å². The van der Waals surface area contributed by atoms with Crippen LogP contribution in [0.25, 0.3) is 0 Å². The molecule has 20 heavy (non-hydrogen) atoms. The van der Waals surface area contributed by atoms with Crippen molar-refractivity contribution < 1.29 is 9.53 Å². The lowest BCUT2D eigenvalue weighted by Gasteiger charge is -2.29. The first kappa shape index (κ1) is 14.6. The van der Waals surface area contributed by atoms with Crippen molar-refractivity contribution in [1.82, 2.24) is 4.90 Å². The lowest BCUT2D eigenvalue weighted by Crippen LogP contribution is -2.39. The van der Waals surface area contributed by atoms with E-state index in [0.29, 0.717) is 13.2 Å². The van der Waals surface area contributed by atoms with E-state index in [2.05, 4.69) is 16.7 Å². The maximum Gasteiger partial charge on any atom is 0.310 e. The van der Waals surface area contributed by atoms with Crippen molar-refractivity contribution in [3.63, 3.8) is 0 Å². The van der Waals surface area contributed by atoms with Crippen LogP contribution in [0.15, 0.2) is 30.3 Å². The summed E-state index contributed by atoms with van der Waals surface area (Å²) in [4.78, 5) is 14.0. The van der Waals surface area contributed by atoms with Gasteiger partial charge in [-0.3, -0.25) is 9.69 Å². The molecule has 3 nitrogen and oxygen atoms in total. The number of ether oxygens (including phenoxy) is 1. The van der Waals surface area contributed by atoms with Crippen LogP contribution in [0.3, 0.4) is 0 Å². The fourth-order valence-corrected chi connectivity index (χ4v) is 2.43. The highest BCUT2D eigenvalue weighted by Crippen LogP contribution is 2.17. The Kier molecular flexibility index (Phi) is 5.64. The van der Waals surface area contributed by atoms with Crippen LogP contribution in [0.5, 0.6) is 0 Å². The van der Waals surface area contributed by atoms with Gasteiger partial charge in [0.2, 0.25) is 0 Å². The van der Waals surface area contributed by atoms with Gasteiger partial charge in [-0.05, 0) is 38.4 Å². The van der Waals surface area contributed by atoms with Gasteiger partial charge in [0.15, 0.2) is 0 Å². The quantitative estimate of drug-likeness (QED) is 0.624. The highest BCUT2D eigenvalue weighted by Gasteiger charge is 2.26. The molecule has 0 aromatic heterocycles. The van der Waals surface area contributed by atoms with Gasteiger partial charge in [-0.15, -0.1) is 0 Å². The van der Waals surface area contributed by atoms with Gasteiger partial charge >= 0.3 is 5.97 Å². The zero-order chi connectivity index (χ0) is 14.2. The van der Waals surface area contributed by atoms with Crippen LogP contribution in [0, 0.1) is 17.8 Å². The Labute approximate surface area is 120 Å². The highest BCUT2D eigenvalue weighted by molar-refractivity contribution is 5.72. The van der Waals surface area contributed by atoms with Crippen LogP contribution in [0.1, 0.15) is 25.3 Å². The van der Waals surface area contributed by atoms with E-state index in [1.165, 1.54) is 0 Å². The summed E-state index contributed by atoms with van der Waals surface area (Å²) in [7, 11) is 0. The van der Waals surface area contributed by atoms with Crippen LogP contribution < -0.4 is 0 Å². The number of hydrogen-bond donors (Lipinski definition) is 0. The molecule has 1 heterocycles. The summed E-state index contributed by atoms with van der Waals surface area (Å²) in [6.45, 7) is 4.81. The number of hydrogen-bond acceptors (Lipinski definition) is 3. The van der Waals surface area contributed by atoms with Crippen LogP contribution in [-0.4, -0.2) is 37.1 Å². The van der Waals surface area contributed by atoms with E-state index >= 15 is 0 Å². The number of nitrogens with zero attached hydrogens (tertiary/aromatic N) is 1. The second-order valence-corrected chi connectivity index (χ2v) is 4.99. The van der Waals surface area contributed by atoms with Gasteiger partial charge < -0.3 is 4.74 Å². The minimum Gasteiger partial charge on any atom is -0.466 e. The monoisotopic (exact) mass is 271 g/mol. The molecular weight excluding hydrogens is 250 g/mol. The van der Waals surface area contributed by atoms with Gasteiger partial charge in [-0.2, -0.15) is 0 Å². The Morgan fingerprint density at radius 3 is 2.95 bits per heavy atom. The maximum atomic E-state index is 11.8. The average Bonchev–Trinajstić information content (AvgIpc) is 2.49. The average molecular weight is 271 g/mol. The van der Waals surface area contributed by atoms with Crippen molar-refractivity contribution in [2.45, 2.75) is 19.8 Å². The standard InChI is InChI=1S/C17H21NO2/c1-2-20-17(19)16-11-7-13-18(14-16)12-6-10-15-8-4-3-5-9-15/h3-5,8-9,16H,2,7,11-14H2,1H3. The van der Waals surface area contributed by atoms with Gasteiger partial charge in [0.25, 0.3) is 0 Å². The molecule has 1 fully saturated rings. The Bertz CT molecular complexity index is 487. The summed E-state index contributed by atoms with van der Waals surface area (Å²) in [6, 6.07) is 9.97. The SMILES string of the molecule is CCOC(=O)C1CCCN(CC#Cc2ccccc2)C1. The third-order valence-electron chi connectivity index (χ3n) is 3.43. The summed E-state index contributed by atoms with van der Waals surface area (Å²) < 4.78 is 5.10. The molecule has 0 radical (unpaired) electrons. The van der Waals surface area contributed by atoms with Gasteiger partial charge in [-0.25, -0.2) is 0 Å². The molecule has 0 saturated carbocycles. The summed E-state index contributed by atoms with van der Waals surface area (Å²) in [5.74, 6) is 6.29. The predicted molar refractivity (Wildman–Crippen MR) is 79.1 cm³/mol. The molecule has 0 N–H and O–H groups in total. The fraction of sp³-hybridized carbons (Fsp3) is 0.471. The summed E-state index contributed by atoms with van der Waals surface area (Å²) >= 11 is 0. The third-order valence-corrected chi connectivity index (χ3v) is 3.43. The largest absolute Gasteiger partial charge is 0.466 e. The minimum atomic E-state index is -0.0618. The Morgan fingerprint density at radius 1 is 1.40 bits per heavy atom. The zero-order valence-corrected chi connectivity index (χ0v) is 12.0. The van der Waals surface area contributed by atoms with Crippen LogP contribution in [0.4, 0.5) is 0 Å². The first-order chi connectivity index (χ1) is 9.79. The van der Waals surface area contributed by atoms with Gasteiger partial charge in [0, 0.05) is 12.1 Å². The van der Waals surface area contributed by atoms with Crippen molar-refractivity contribution in [3.05, 3.63) is 35.9 Å². The summed E-state index contributed by atoms with van der Waals surface area (Å²) in [5, 5.41) is 0. The lowest BCUT2D eigenvalue weighted by atomic mass is 9.98. The van der Waals surface area contributed by atoms with E-state index < -0.39 is 0 Å². The summed E-state index contributed by atoms with van der Waals surface area (Å²) in [6.07, 6.45) is 1.97. The smallest absolute Gasteiger partial charge is 0.310 e. The second-order valence-electron chi connectivity index (χ2n) is 4.99. The van der Waals surface area contributed by atoms with Crippen LogP contribution >= 0.6 is 0 Å². The fourth-order valence-electron chi connectivity index (χ4n) is 2.43. The van der Waals surface area contributed by atoms with Gasteiger partial charge in [-0.1, -0.05) is 30.0 Å². The number of piperidine rings is 1. The molecule has 3 heteroatoms. The topological polar surface area (TPSA) is 29.5 Å². The molecule has 0 aliphatic carbocycles. The Balaban J connectivity index is 1.84. The van der Waals surface area contributed by atoms with Crippen molar-refractivity contribution >= 4 is 5.97 Å². The molecule has 1 aromatic rings.